The van der Waals surface area contributed by atoms with Gasteiger partial charge in [0.15, 0.2) is 5.69 Å². The van der Waals surface area contributed by atoms with Crippen molar-refractivity contribution in [1.82, 2.24) is 19.7 Å². The second-order valence-electron chi connectivity index (χ2n) is 12.2. The van der Waals surface area contributed by atoms with Crippen LogP contribution in [0.5, 0.6) is 0 Å². The summed E-state index contributed by atoms with van der Waals surface area (Å²) in [5.41, 5.74) is 0.540. The molecule has 1 amide bonds. The number of fused-ring (bicyclic) bond motifs is 1. The van der Waals surface area contributed by atoms with E-state index in [2.05, 4.69) is 14.9 Å². The van der Waals surface area contributed by atoms with Crippen molar-refractivity contribution in [2.24, 2.45) is 0 Å². The van der Waals surface area contributed by atoms with Crippen LogP contribution in [0.15, 0.2) is 42.5 Å². The maximum atomic E-state index is 15.8. The fourth-order valence-corrected chi connectivity index (χ4v) is 4.54. The molecule has 0 radical (unpaired) electrons. The van der Waals surface area contributed by atoms with Gasteiger partial charge in [0.25, 0.3) is 0 Å². The SMILES string of the molecule is [C-]#[N+]c1cc2c(cc1-c1c(C)cc(CN(C)C(=O)OC(C)(C)C)cc1F)c(-c1cccc(F)n1)nn2C(=O)OC(C)(C)C. The number of ether oxygens (including phenoxy) is 2. The van der Waals surface area contributed by atoms with Crippen molar-refractivity contribution in [3.8, 4) is 22.5 Å². The molecule has 0 bridgehead atoms. The Morgan fingerprint density at radius 3 is 2.28 bits per heavy atom. The molecule has 0 N–H and O–H groups in total. The van der Waals surface area contributed by atoms with Crippen molar-refractivity contribution in [1.29, 1.82) is 0 Å². The first kappa shape index (κ1) is 31.1. The van der Waals surface area contributed by atoms with E-state index in [9.17, 15) is 14.0 Å². The molecule has 0 aliphatic rings. The summed E-state index contributed by atoms with van der Waals surface area (Å²) in [5.74, 6) is -1.36. The van der Waals surface area contributed by atoms with Crippen molar-refractivity contribution in [3.05, 3.63) is 76.8 Å². The first-order chi connectivity index (χ1) is 20.0. The smallest absolute Gasteiger partial charge is 0.435 e. The predicted molar refractivity (Wildman–Crippen MR) is 159 cm³/mol. The lowest BCUT2D eigenvalue weighted by Crippen LogP contribution is -2.33. The van der Waals surface area contributed by atoms with Crippen molar-refractivity contribution in [3.63, 3.8) is 0 Å². The Labute approximate surface area is 248 Å². The van der Waals surface area contributed by atoms with Gasteiger partial charge in [-0.3, -0.25) is 0 Å². The zero-order valence-electron chi connectivity index (χ0n) is 25.4. The average Bonchev–Trinajstić information content (AvgIpc) is 3.24. The molecular formula is C32H33F2N5O4. The lowest BCUT2D eigenvalue weighted by Gasteiger charge is -2.25. The Bertz CT molecular complexity index is 1750. The molecule has 4 rings (SSSR count). The molecule has 0 saturated carbocycles. The molecule has 0 saturated heterocycles. The molecule has 224 valence electrons. The minimum absolute atomic E-state index is 0.0663. The summed E-state index contributed by atoms with van der Waals surface area (Å²) in [6.07, 6.45) is -1.35. The molecule has 0 atom stereocenters. The minimum Gasteiger partial charge on any atom is -0.444 e. The number of benzene rings is 2. The topological polar surface area (TPSA) is 90.9 Å². The Hall–Kier alpha value is -4.85. The number of aromatic nitrogens is 3. The van der Waals surface area contributed by atoms with Crippen LogP contribution in [0, 0.1) is 25.3 Å². The number of aryl methyl sites for hydroxylation is 1. The normalized spacial score (nSPS) is 11.7. The van der Waals surface area contributed by atoms with E-state index in [4.69, 9.17) is 16.0 Å². The lowest BCUT2D eigenvalue weighted by molar-refractivity contribution is 0.0284. The molecule has 2 heterocycles. The van der Waals surface area contributed by atoms with Crippen molar-refractivity contribution < 1.29 is 27.8 Å². The number of carbonyl (C=O) groups excluding carboxylic acids is 2. The van der Waals surface area contributed by atoms with Gasteiger partial charge in [0, 0.05) is 24.5 Å². The molecule has 0 spiro atoms. The first-order valence-electron chi connectivity index (χ1n) is 13.5. The number of rotatable bonds is 4. The van der Waals surface area contributed by atoms with Crippen molar-refractivity contribution >= 4 is 28.8 Å². The standard InChI is InChI=1S/C32H33F2N5O4/c1-18-13-19(17-38(9)29(40)42-31(2,3)4)14-22(33)27(18)20-15-21-25(16-24(20)35-8)39(30(41)43-32(5,6)7)37-28(21)23-11-10-12-26(34)36-23/h10-16H,17H2,1-7,9H3. The van der Waals surface area contributed by atoms with Crippen LogP contribution in [0.25, 0.3) is 38.3 Å². The molecular weight excluding hydrogens is 556 g/mol. The number of hydrogen-bond acceptors (Lipinski definition) is 6. The molecule has 2 aromatic heterocycles. The van der Waals surface area contributed by atoms with Crippen LogP contribution in [0.1, 0.15) is 52.7 Å². The van der Waals surface area contributed by atoms with Crippen molar-refractivity contribution in [2.75, 3.05) is 7.05 Å². The first-order valence-corrected chi connectivity index (χ1v) is 13.5. The van der Waals surface area contributed by atoms with Crippen LogP contribution < -0.4 is 0 Å². The lowest BCUT2D eigenvalue weighted by atomic mass is 9.94. The summed E-state index contributed by atoms with van der Waals surface area (Å²) in [5, 5.41) is 4.74. The predicted octanol–water partition coefficient (Wildman–Crippen LogP) is 8.05. The number of amides is 1. The van der Waals surface area contributed by atoms with Gasteiger partial charge >= 0.3 is 12.2 Å². The van der Waals surface area contributed by atoms with Gasteiger partial charge in [-0.1, -0.05) is 18.2 Å². The zero-order valence-corrected chi connectivity index (χ0v) is 25.4. The number of pyridine rings is 1. The fourth-order valence-electron chi connectivity index (χ4n) is 4.54. The number of halogens is 2. The molecule has 0 aliphatic heterocycles. The summed E-state index contributed by atoms with van der Waals surface area (Å²) < 4.78 is 41.8. The van der Waals surface area contributed by atoms with E-state index >= 15 is 4.39 Å². The molecule has 0 fully saturated rings. The average molecular weight is 590 g/mol. The minimum atomic E-state index is -0.839. The van der Waals surface area contributed by atoms with Gasteiger partial charge in [-0.05, 0) is 89.4 Å². The van der Waals surface area contributed by atoms with E-state index in [1.807, 2.05) is 0 Å². The summed E-state index contributed by atoms with van der Waals surface area (Å²) >= 11 is 0. The third-order valence-corrected chi connectivity index (χ3v) is 6.18. The van der Waals surface area contributed by atoms with E-state index in [1.54, 1.807) is 67.6 Å². The van der Waals surface area contributed by atoms with Gasteiger partial charge in [0.1, 0.15) is 22.7 Å². The second-order valence-corrected chi connectivity index (χ2v) is 12.2. The molecule has 11 heteroatoms. The zero-order chi connectivity index (χ0) is 31.9. The molecule has 43 heavy (non-hydrogen) atoms. The van der Waals surface area contributed by atoms with E-state index in [1.165, 1.54) is 35.2 Å². The molecule has 4 aromatic rings. The Kier molecular flexibility index (Phi) is 8.27. The van der Waals surface area contributed by atoms with Crippen LogP contribution in [0.2, 0.25) is 0 Å². The van der Waals surface area contributed by atoms with Gasteiger partial charge in [-0.2, -0.15) is 14.2 Å². The van der Waals surface area contributed by atoms with E-state index in [-0.39, 0.29) is 40.3 Å². The van der Waals surface area contributed by atoms with Gasteiger partial charge in [-0.25, -0.2) is 23.8 Å². The Morgan fingerprint density at radius 2 is 1.70 bits per heavy atom. The highest BCUT2D eigenvalue weighted by atomic mass is 19.1. The highest BCUT2D eigenvalue weighted by Gasteiger charge is 2.26. The number of hydrogen-bond donors (Lipinski definition) is 0. The van der Waals surface area contributed by atoms with Gasteiger partial charge in [0.05, 0.1) is 17.8 Å². The maximum absolute atomic E-state index is 15.8. The third kappa shape index (κ3) is 6.97. The number of nitrogens with zero attached hydrogens (tertiary/aromatic N) is 5. The fraction of sp³-hybridized carbons (Fsp3) is 0.344. The van der Waals surface area contributed by atoms with E-state index in [0.29, 0.717) is 16.5 Å². The summed E-state index contributed by atoms with van der Waals surface area (Å²) in [6, 6.07) is 10.2. The second kappa shape index (κ2) is 11.4. The highest BCUT2D eigenvalue weighted by Crippen LogP contribution is 2.41. The Morgan fingerprint density at radius 1 is 1.02 bits per heavy atom. The molecule has 0 aliphatic carbocycles. The van der Waals surface area contributed by atoms with Crippen LogP contribution in [-0.4, -0.2) is 50.1 Å². The van der Waals surface area contributed by atoms with Crippen molar-refractivity contribution in [2.45, 2.75) is 66.2 Å². The van der Waals surface area contributed by atoms with Gasteiger partial charge in [-0.15, -0.1) is 0 Å². The van der Waals surface area contributed by atoms with Gasteiger partial charge < -0.3 is 14.4 Å². The number of carbonyl (C=O) groups is 2. The summed E-state index contributed by atoms with van der Waals surface area (Å²) in [6.45, 7) is 20.0. The third-order valence-electron chi connectivity index (χ3n) is 6.18. The van der Waals surface area contributed by atoms with E-state index in [0.717, 1.165) is 4.68 Å². The van der Waals surface area contributed by atoms with Gasteiger partial charge in [0.2, 0.25) is 5.95 Å². The molecule has 2 aromatic carbocycles. The maximum Gasteiger partial charge on any atom is 0.435 e. The molecule has 0 unspecified atom stereocenters. The highest BCUT2D eigenvalue weighted by molar-refractivity contribution is 6.03. The monoisotopic (exact) mass is 589 g/mol. The van der Waals surface area contributed by atoms with Crippen LogP contribution in [-0.2, 0) is 16.0 Å². The summed E-state index contributed by atoms with van der Waals surface area (Å²) in [7, 11) is 1.56. The quantitative estimate of drug-likeness (QED) is 0.177. The summed E-state index contributed by atoms with van der Waals surface area (Å²) in [4.78, 5) is 34.4. The van der Waals surface area contributed by atoms with E-state index < -0.39 is 35.2 Å². The largest absolute Gasteiger partial charge is 0.444 e. The van der Waals surface area contributed by atoms with Crippen LogP contribution >= 0.6 is 0 Å². The van der Waals surface area contributed by atoms with Crippen LogP contribution in [0.4, 0.5) is 24.1 Å². The molecule has 9 nitrogen and oxygen atoms in total. The Balaban J connectivity index is 1.86. The van der Waals surface area contributed by atoms with Crippen LogP contribution in [0.3, 0.4) is 0 Å².